The zero-order chi connectivity index (χ0) is 14.5. The Morgan fingerprint density at radius 1 is 1.25 bits per heavy atom. The zero-order valence-corrected chi connectivity index (χ0v) is 12.3. The Hall–Kier alpha value is -1.89. The minimum absolute atomic E-state index is 0.453. The third-order valence-corrected chi connectivity index (χ3v) is 3.43. The summed E-state index contributed by atoms with van der Waals surface area (Å²) in [6.07, 6.45) is 0. The van der Waals surface area contributed by atoms with E-state index in [9.17, 15) is 0 Å². The number of nitriles is 1. The first-order valence-corrected chi connectivity index (χ1v) is 6.66. The summed E-state index contributed by atoms with van der Waals surface area (Å²) in [5.74, 6) is 0.613. The number of anilines is 1. The van der Waals surface area contributed by atoms with E-state index < -0.39 is 0 Å². The van der Waals surface area contributed by atoms with Crippen LogP contribution in [0.3, 0.4) is 0 Å². The lowest BCUT2D eigenvalue weighted by Gasteiger charge is -2.13. The topological polar surface area (TPSA) is 45.0 Å². The number of rotatable bonds is 4. The van der Waals surface area contributed by atoms with Crippen molar-refractivity contribution in [2.45, 2.75) is 6.54 Å². The van der Waals surface area contributed by atoms with E-state index >= 15 is 0 Å². The number of hydrogen-bond donors (Lipinski definition) is 1. The highest BCUT2D eigenvalue weighted by Crippen LogP contribution is 2.29. The minimum atomic E-state index is 0.453. The number of benzene rings is 2. The Morgan fingerprint density at radius 3 is 2.75 bits per heavy atom. The first kappa shape index (κ1) is 14.5. The molecular weight excluding hydrogens is 295 g/mol. The van der Waals surface area contributed by atoms with E-state index in [0.29, 0.717) is 33.6 Å². The molecule has 102 valence electrons. The first-order chi connectivity index (χ1) is 9.65. The van der Waals surface area contributed by atoms with Gasteiger partial charge in [0.25, 0.3) is 0 Å². The second-order valence-electron chi connectivity index (χ2n) is 4.08. The maximum absolute atomic E-state index is 9.14. The third-order valence-electron chi connectivity index (χ3n) is 2.83. The first-order valence-electron chi connectivity index (χ1n) is 5.90. The van der Waals surface area contributed by atoms with Crippen molar-refractivity contribution in [1.29, 1.82) is 5.26 Å². The summed E-state index contributed by atoms with van der Waals surface area (Å²) in [6, 6.07) is 12.7. The lowest BCUT2D eigenvalue weighted by Crippen LogP contribution is -2.04. The molecule has 0 amide bonds. The van der Waals surface area contributed by atoms with Gasteiger partial charge in [-0.05, 0) is 35.9 Å². The molecule has 0 radical (unpaired) electrons. The van der Waals surface area contributed by atoms with Gasteiger partial charge < -0.3 is 10.1 Å². The van der Waals surface area contributed by atoms with Crippen LogP contribution >= 0.6 is 23.2 Å². The lowest BCUT2D eigenvalue weighted by atomic mass is 10.1. The maximum Gasteiger partial charge on any atom is 0.143 e. The molecule has 0 spiro atoms. The minimum Gasteiger partial charge on any atom is -0.495 e. The van der Waals surface area contributed by atoms with Crippen molar-refractivity contribution in [1.82, 2.24) is 0 Å². The summed E-state index contributed by atoms with van der Waals surface area (Å²) < 4.78 is 5.26. The fraction of sp³-hybridized carbons (Fsp3) is 0.133. The molecule has 0 bridgehead atoms. The van der Waals surface area contributed by atoms with E-state index in [1.165, 1.54) is 0 Å². The molecule has 0 aromatic heterocycles. The molecule has 2 aromatic rings. The maximum atomic E-state index is 9.14. The van der Waals surface area contributed by atoms with E-state index in [1.807, 2.05) is 0 Å². The van der Waals surface area contributed by atoms with E-state index in [1.54, 1.807) is 43.5 Å². The number of para-hydroxylation sites is 1. The summed E-state index contributed by atoms with van der Waals surface area (Å²) in [5.41, 5.74) is 2.02. The van der Waals surface area contributed by atoms with Crippen molar-refractivity contribution in [3.05, 3.63) is 57.6 Å². The average molecular weight is 307 g/mol. The van der Waals surface area contributed by atoms with Gasteiger partial charge in [0.15, 0.2) is 0 Å². The fourth-order valence-corrected chi connectivity index (χ4v) is 2.22. The molecule has 1 N–H and O–H groups in total. The molecule has 0 unspecified atom stereocenters. The highest BCUT2D eigenvalue weighted by atomic mass is 35.5. The molecule has 0 fully saturated rings. The SMILES string of the molecule is COc1cccc(C#N)c1NCc1cc(Cl)ccc1Cl. The average Bonchev–Trinajstić information content (AvgIpc) is 2.47. The predicted octanol–water partition coefficient (Wildman–Crippen LogP) is 4.49. The Kier molecular flexibility index (Phi) is 4.73. The highest BCUT2D eigenvalue weighted by Gasteiger charge is 2.09. The number of halogens is 2. The van der Waals surface area contributed by atoms with Crippen LogP contribution in [-0.4, -0.2) is 7.11 Å². The molecule has 0 atom stereocenters. The molecule has 0 heterocycles. The normalized spacial score (nSPS) is 9.90. The largest absolute Gasteiger partial charge is 0.495 e. The number of nitrogens with zero attached hydrogens (tertiary/aromatic N) is 1. The molecule has 2 rings (SSSR count). The van der Waals surface area contributed by atoms with Gasteiger partial charge in [0.2, 0.25) is 0 Å². The molecule has 0 aliphatic rings. The Morgan fingerprint density at radius 2 is 2.05 bits per heavy atom. The lowest BCUT2D eigenvalue weighted by molar-refractivity contribution is 0.416. The Bertz CT molecular complexity index is 665. The van der Waals surface area contributed by atoms with Crippen LogP contribution in [-0.2, 0) is 6.54 Å². The standard InChI is InChI=1S/C15H12Cl2N2O/c1-20-14-4-2-3-10(8-18)15(14)19-9-11-7-12(16)5-6-13(11)17/h2-7,19H,9H2,1H3. The molecule has 0 saturated carbocycles. The molecular formula is C15H12Cl2N2O. The Labute approximate surface area is 127 Å². The molecule has 0 saturated heterocycles. The fourth-order valence-electron chi connectivity index (χ4n) is 1.84. The molecule has 0 aliphatic carbocycles. The quantitative estimate of drug-likeness (QED) is 0.905. The molecule has 2 aromatic carbocycles. The van der Waals surface area contributed by atoms with Gasteiger partial charge in [0.05, 0.1) is 18.4 Å². The Balaban J connectivity index is 2.27. The van der Waals surface area contributed by atoms with E-state index in [0.717, 1.165) is 5.56 Å². The zero-order valence-electron chi connectivity index (χ0n) is 10.8. The van der Waals surface area contributed by atoms with E-state index in [4.69, 9.17) is 33.2 Å². The van der Waals surface area contributed by atoms with E-state index in [2.05, 4.69) is 11.4 Å². The monoisotopic (exact) mass is 306 g/mol. The smallest absolute Gasteiger partial charge is 0.143 e. The van der Waals surface area contributed by atoms with Crippen LogP contribution in [0, 0.1) is 11.3 Å². The third kappa shape index (κ3) is 3.16. The highest BCUT2D eigenvalue weighted by molar-refractivity contribution is 6.33. The molecule has 3 nitrogen and oxygen atoms in total. The van der Waals surface area contributed by atoms with Gasteiger partial charge in [-0.1, -0.05) is 29.3 Å². The van der Waals surface area contributed by atoms with Crippen molar-refractivity contribution in [2.24, 2.45) is 0 Å². The van der Waals surface area contributed by atoms with Crippen LogP contribution in [0.2, 0.25) is 10.0 Å². The summed E-state index contributed by atoms with van der Waals surface area (Å²) in [4.78, 5) is 0. The number of ether oxygens (including phenoxy) is 1. The van der Waals surface area contributed by atoms with Crippen LogP contribution in [0.5, 0.6) is 5.75 Å². The van der Waals surface area contributed by atoms with Gasteiger partial charge in [-0.25, -0.2) is 0 Å². The number of methoxy groups -OCH3 is 1. The van der Waals surface area contributed by atoms with Crippen LogP contribution < -0.4 is 10.1 Å². The van der Waals surface area contributed by atoms with Gasteiger partial charge >= 0.3 is 0 Å². The van der Waals surface area contributed by atoms with Gasteiger partial charge in [-0.2, -0.15) is 5.26 Å². The summed E-state index contributed by atoms with van der Waals surface area (Å²) in [5, 5.41) is 13.6. The van der Waals surface area contributed by atoms with Crippen LogP contribution in [0.25, 0.3) is 0 Å². The van der Waals surface area contributed by atoms with Crippen molar-refractivity contribution in [3.63, 3.8) is 0 Å². The molecule has 5 heteroatoms. The van der Waals surface area contributed by atoms with Crippen LogP contribution in [0.4, 0.5) is 5.69 Å². The molecule has 20 heavy (non-hydrogen) atoms. The number of nitrogens with one attached hydrogen (secondary N) is 1. The summed E-state index contributed by atoms with van der Waals surface area (Å²) >= 11 is 12.1. The second kappa shape index (κ2) is 6.51. The second-order valence-corrected chi connectivity index (χ2v) is 4.93. The van der Waals surface area contributed by atoms with Crippen LogP contribution in [0.15, 0.2) is 36.4 Å². The van der Waals surface area contributed by atoms with Crippen molar-refractivity contribution >= 4 is 28.9 Å². The van der Waals surface area contributed by atoms with Gasteiger partial charge in [-0.15, -0.1) is 0 Å². The number of hydrogen-bond acceptors (Lipinski definition) is 3. The van der Waals surface area contributed by atoms with E-state index in [-0.39, 0.29) is 0 Å². The summed E-state index contributed by atoms with van der Waals surface area (Å²) in [7, 11) is 1.56. The van der Waals surface area contributed by atoms with Crippen molar-refractivity contribution in [2.75, 3.05) is 12.4 Å². The van der Waals surface area contributed by atoms with Gasteiger partial charge in [0, 0.05) is 16.6 Å². The van der Waals surface area contributed by atoms with Crippen molar-refractivity contribution in [3.8, 4) is 11.8 Å². The van der Waals surface area contributed by atoms with Crippen LogP contribution in [0.1, 0.15) is 11.1 Å². The summed E-state index contributed by atoms with van der Waals surface area (Å²) in [6.45, 7) is 0.453. The van der Waals surface area contributed by atoms with Gasteiger partial charge in [0.1, 0.15) is 11.8 Å². The molecule has 0 aliphatic heterocycles. The van der Waals surface area contributed by atoms with Gasteiger partial charge in [-0.3, -0.25) is 0 Å². The predicted molar refractivity (Wildman–Crippen MR) is 81.5 cm³/mol. The van der Waals surface area contributed by atoms with Crippen molar-refractivity contribution < 1.29 is 4.74 Å².